The van der Waals surface area contributed by atoms with E-state index in [-0.39, 0.29) is 18.4 Å². The number of para-hydroxylation sites is 1. The molecule has 4 N–H and O–H groups in total. The summed E-state index contributed by atoms with van der Waals surface area (Å²) in [6, 6.07) is 15.6. The van der Waals surface area contributed by atoms with Gasteiger partial charge >= 0.3 is 0 Å². The fourth-order valence-corrected chi connectivity index (χ4v) is 4.48. The SMILES string of the molecule is CNC(C)C(=O)NC1CCc2ccccc2N(Cc2c(OC)ccc3cc(C(N)=O)ccc23)C1=O. The lowest BCUT2D eigenvalue weighted by molar-refractivity contribution is -0.128. The van der Waals surface area contributed by atoms with E-state index in [1.54, 1.807) is 38.1 Å². The highest BCUT2D eigenvalue weighted by Gasteiger charge is 2.33. The zero-order valence-electron chi connectivity index (χ0n) is 20.1. The van der Waals surface area contributed by atoms with Crippen molar-refractivity contribution < 1.29 is 19.1 Å². The molecule has 0 aromatic heterocycles. The minimum Gasteiger partial charge on any atom is -0.496 e. The zero-order valence-corrected chi connectivity index (χ0v) is 20.1. The van der Waals surface area contributed by atoms with E-state index in [9.17, 15) is 14.4 Å². The van der Waals surface area contributed by atoms with E-state index in [0.29, 0.717) is 24.2 Å². The van der Waals surface area contributed by atoms with Crippen molar-refractivity contribution in [3.8, 4) is 5.75 Å². The van der Waals surface area contributed by atoms with Crippen molar-refractivity contribution in [2.45, 2.75) is 38.4 Å². The lowest BCUT2D eigenvalue weighted by atomic mass is 10.00. The van der Waals surface area contributed by atoms with Gasteiger partial charge in [0, 0.05) is 16.8 Å². The van der Waals surface area contributed by atoms with Crippen LogP contribution in [0.4, 0.5) is 5.69 Å². The second-order valence-corrected chi connectivity index (χ2v) is 8.71. The van der Waals surface area contributed by atoms with Crippen LogP contribution in [0, 0.1) is 0 Å². The van der Waals surface area contributed by atoms with Gasteiger partial charge in [0.15, 0.2) is 0 Å². The van der Waals surface area contributed by atoms with Gasteiger partial charge in [-0.15, -0.1) is 0 Å². The number of nitrogens with two attached hydrogens (primary N) is 1. The lowest BCUT2D eigenvalue weighted by Gasteiger charge is -2.28. The number of likely N-dealkylation sites (N-methyl/N-ethyl adjacent to an activating group) is 1. The van der Waals surface area contributed by atoms with Crippen LogP contribution >= 0.6 is 0 Å². The van der Waals surface area contributed by atoms with Gasteiger partial charge in [0.2, 0.25) is 17.7 Å². The van der Waals surface area contributed by atoms with Crippen LogP contribution in [0.15, 0.2) is 54.6 Å². The van der Waals surface area contributed by atoms with Crippen LogP contribution in [0.2, 0.25) is 0 Å². The average molecular weight is 475 g/mol. The molecule has 1 aliphatic heterocycles. The number of nitrogens with one attached hydrogen (secondary N) is 2. The molecule has 8 nitrogen and oxygen atoms in total. The molecule has 3 amide bonds. The third-order valence-electron chi connectivity index (χ3n) is 6.60. The fourth-order valence-electron chi connectivity index (χ4n) is 4.48. The number of hydrogen-bond acceptors (Lipinski definition) is 5. The predicted molar refractivity (Wildman–Crippen MR) is 135 cm³/mol. The molecule has 0 aliphatic carbocycles. The van der Waals surface area contributed by atoms with Crippen molar-refractivity contribution >= 4 is 34.2 Å². The molecule has 182 valence electrons. The Morgan fingerprint density at radius 2 is 1.94 bits per heavy atom. The molecule has 3 aromatic rings. The van der Waals surface area contributed by atoms with Gasteiger partial charge in [-0.3, -0.25) is 14.4 Å². The summed E-state index contributed by atoms with van der Waals surface area (Å²) < 4.78 is 5.66. The number of benzene rings is 3. The highest BCUT2D eigenvalue weighted by molar-refractivity contribution is 6.02. The molecular weight excluding hydrogens is 444 g/mol. The molecular formula is C27H30N4O4. The standard InChI is InChI=1S/C27H30N4O4/c1-16(29-2)26(33)30-22-12-9-17-6-4-5-7-23(17)31(27(22)34)15-21-20-11-8-19(25(28)32)14-18(20)10-13-24(21)35-3/h4-8,10-11,13-14,16,22,29H,9,12,15H2,1-3H3,(H2,28,32)(H,30,33). The Hall–Kier alpha value is -3.91. The van der Waals surface area contributed by atoms with Gasteiger partial charge in [0.25, 0.3) is 0 Å². The number of fused-ring (bicyclic) bond motifs is 2. The number of nitrogens with zero attached hydrogens (tertiary/aromatic N) is 1. The molecule has 1 heterocycles. The summed E-state index contributed by atoms with van der Waals surface area (Å²) in [6.07, 6.45) is 1.16. The van der Waals surface area contributed by atoms with Gasteiger partial charge in [0.1, 0.15) is 11.8 Å². The van der Waals surface area contributed by atoms with Crippen molar-refractivity contribution in [2.24, 2.45) is 5.73 Å². The number of aryl methyl sites for hydroxylation is 1. The number of carbonyl (C=O) groups excluding carboxylic acids is 3. The summed E-state index contributed by atoms with van der Waals surface area (Å²) in [4.78, 5) is 39.8. The van der Waals surface area contributed by atoms with Crippen molar-refractivity contribution in [1.29, 1.82) is 0 Å². The first-order valence-electron chi connectivity index (χ1n) is 11.6. The second-order valence-electron chi connectivity index (χ2n) is 8.71. The summed E-state index contributed by atoms with van der Waals surface area (Å²) in [5.74, 6) is -0.281. The van der Waals surface area contributed by atoms with Crippen LogP contribution in [-0.2, 0) is 22.6 Å². The monoisotopic (exact) mass is 474 g/mol. The van der Waals surface area contributed by atoms with Gasteiger partial charge in [-0.2, -0.15) is 0 Å². The fraction of sp³-hybridized carbons (Fsp3) is 0.296. The van der Waals surface area contributed by atoms with Crippen LogP contribution in [-0.4, -0.2) is 44.0 Å². The molecule has 0 saturated heterocycles. The second kappa shape index (κ2) is 10.1. The van der Waals surface area contributed by atoms with E-state index in [4.69, 9.17) is 10.5 Å². The van der Waals surface area contributed by atoms with Crippen molar-refractivity contribution in [3.05, 3.63) is 71.3 Å². The van der Waals surface area contributed by atoms with Crippen LogP contribution in [0.1, 0.15) is 34.8 Å². The third kappa shape index (κ3) is 4.83. The molecule has 8 heteroatoms. The zero-order chi connectivity index (χ0) is 25.1. The number of primary amides is 1. The molecule has 1 aliphatic rings. The van der Waals surface area contributed by atoms with Crippen molar-refractivity contribution in [3.63, 3.8) is 0 Å². The number of ether oxygens (including phenoxy) is 1. The smallest absolute Gasteiger partial charge is 0.249 e. The van der Waals surface area contributed by atoms with E-state index in [2.05, 4.69) is 10.6 Å². The van der Waals surface area contributed by atoms with Crippen LogP contribution < -0.4 is 26.0 Å². The van der Waals surface area contributed by atoms with Crippen LogP contribution in [0.3, 0.4) is 0 Å². The Morgan fingerprint density at radius 1 is 1.17 bits per heavy atom. The molecule has 0 radical (unpaired) electrons. The quantitative estimate of drug-likeness (QED) is 0.487. The van der Waals surface area contributed by atoms with Gasteiger partial charge in [-0.25, -0.2) is 0 Å². The molecule has 3 aromatic carbocycles. The highest BCUT2D eigenvalue weighted by atomic mass is 16.5. The number of methoxy groups -OCH3 is 1. The molecule has 2 atom stereocenters. The molecule has 35 heavy (non-hydrogen) atoms. The van der Waals surface area contributed by atoms with Gasteiger partial charge in [-0.1, -0.05) is 30.3 Å². The third-order valence-corrected chi connectivity index (χ3v) is 6.60. The van der Waals surface area contributed by atoms with Crippen LogP contribution in [0.25, 0.3) is 10.8 Å². The first-order chi connectivity index (χ1) is 16.8. The van der Waals surface area contributed by atoms with Gasteiger partial charge in [0.05, 0.1) is 19.7 Å². The maximum Gasteiger partial charge on any atom is 0.249 e. The van der Waals surface area contributed by atoms with E-state index < -0.39 is 18.0 Å². The summed E-state index contributed by atoms with van der Waals surface area (Å²) >= 11 is 0. The molecule has 0 saturated carbocycles. The van der Waals surface area contributed by atoms with Crippen LogP contribution in [0.5, 0.6) is 5.75 Å². The summed E-state index contributed by atoms with van der Waals surface area (Å²) in [5.41, 5.74) is 8.53. The Bertz CT molecular complexity index is 1290. The van der Waals surface area contributed by atoms with Crippen molar-refractivity contribution in [1.82, 2.24) is 10.6 Å². The van der Waals surface area contributed by atoms with E-state index in [1.165, 1.54) is 0 Å². The Kier molecular flexibility index (Phi) is 7.02. The molecule has 0 bridgehead atoms. The largest absolute Gasteiger partial charge is 0.496 e. The number of carbonyl (C=O) groups is 3. The molecule has 0 fully saturated rings. The lowest BCUT2D eigenvalue weighted by Crippen LogP contribution is -2.52. The Morgan fingerprint density at radius 3 is 2.66 bits per heavy atom. The Balaban J connectivity index is 1.78. The minimum absolute atomic E-state index is 0.181. The first kappa shape index (κ1) is 24.2. The Labute approximate surface area is 204 Å². The summed E-state index contributed by atoms with van der Waals surface area (Å²) in [6.45, 7) is 1.99. The molecule has 2 unspecified atom stereocenters. The number of hydrogen-bond donors (Lipinski definition) is 3. The van der Waals surface area contributed by atoms with E-state index >= 15 is 0 Å². The number of amides is 3. The van der Waals surface area contributed by atoms with Gasteiger partial charge in [-0.05, 0) is 67.4 Å². The van der Waals surface area contributed by atoms with E-state index in [1.807, 2.05) is 42.5 Å². The summed E-state index contributed by atoms with van der Waals surface area (Å²) in [7, 11) is 3.29. The first-order valence-corrected chi connectivity index (χ1v) is 11.6. The van der Waals surface area contributed by atoms with E-state index in [0.717, 1.165) is 27.6 Å². The molecule has 4 rings (SSSR count). The number of anilines is 1. The maximum absolute atomic E-state index is 13.8. The minimum atomic E-state index is -0.659. The normalized spacial score (nSPS) is 16.4. The van der Waals surface area contributed by atoms with Crippen molar-refractivity contribution in [2.75, 3.05) is 19.1 Å². The average Bonchev–Trinajstić information content (AvgIpc) is 3.00. The topological polar surface area (TPSA) is 114 Å². The maximum atomic E-state index is 13.8. The summed E-state index contributed by atoms with van der Waals surface area (Å²) in [5, 5.41) is 7.51. The number of rotatable bonds is 7. The highest BCUT2D eigenvalue weighted by Crippen LogP contribution is 2.34. The van der Waals surface area contributed by atoms with Gasteiger partial charge < -0.3 is 26.0 Å². The predicted octanol–water partition coefficient (Wildman–Crippen LogP) is 2.52. The molecule has 0 spiro atoms.